The van der Waals surface area contributed by atoms with Crippen molar-refractivity contribution in [1.82, 2.24) is 14.7 Å². The number of amides is 1. The number of benzene rings is 1. The van der Waals surface area contributed by atoms with Gasteiger partial charge in [-0.3, -0.25) is 14.6 Å². The molecule has 1 aromatic rings. The zero-order chi connectivity index (χ0) is 19.7. The monoisotopic (exact) mass is 387 g/mol. The van der Waals surface area contributed by atoms with Crippen LogP contribution in [0.25, 0.3) is 0 Å². The van der Waals surface area contributed by atoms with Crippen molar-refractivity contribution in [3.63, 3.8) is 0 Å². The summed E-state index contributed by atoms with van der Waals surface area (Å²) in [5, 5.41) is 0. The summed E-state index contributed by atoms with van der Waals surface area (Å²) in [7, 11) is 1.64. The molecular formula is C22H33N3O3. The Bertz CT molecular complexity index is 685. The number of morpholine rings is 1. The van der Waals surface area contributed by atoms with Crippen LogP contribution in [0, 0.1) is 5.92 Å². The highest BCUT2D eigenvalue weighted by Gasteiger charge is 2.54. The Morgan fingerprint density at radius 2 is 2.00 bits per heavy atom. The van der Waals surface area contributed by atoms with E-state index < -0.39 is 0 Å². The molecule has 4 rings (SSSR count). The van der Waals surface area contributed by atoms with Crippen molar-refractivity contribution in [2.24, 2.45) is 5.92 Å². The number of hydrogen-bond acceptors (Lipinski definition) is 5. The van der Waals surface area contributed by atoms with Gasteiger partial charge >= 0.3 is 0 Å². The van der Waals surface area contributed by atoms with E-state index in [0.717, 1.165) is 69.7 Å². The topological polar surface area (TPSA) is 45.2 Å². The number of likely N-dealkylation sites (tertiary alicyclic amines) is 1. The van der Waals surface area contributed by atoms with Crippen LogP contribution in [-0.2, 0) is 4.74 Å². The standard InChI is InChI=1S/C22H33N3O3/c1-17(2)8-9-23-14-22(15-23)16-24(12-19-13-28-11-10-25(19)22)21(26)18-4-6-20(27-3)7-5-18/h4-7,17,19H,8-16H2,1-3H3. The molecule has 3 saturated heterocycles. The van der Waals surface area contributed by atoms with Gasteiger partial charge in [0.25, 0.3) is 5.91 Å². The molecule has 6 heteroatoms. The first-order valence-corrected chi connectivity index (χ1v) is 10.5. The largest absolute Gasteiger partial charge is 0.497 e. The third kappa shape index (κ3) is 3.78. The number of piperazine rings is 1. The molecule has 0 bridgehead atoms. The molecule has 0 saturated carbocycles. The summed E-state index contributed by atoms with van der Waals surface area (Å²) in [5.74, 6) is 1.62. The van der Waals surface area contributed by atoms with Gasteiger partial charge in [-0.2, -0.15) is 0 Å². The maximum Gasteiger partial charge on any atom is 0.253 e. The number of fused-ring (bicyclic) bond motifs is 2. The highest BCUT2D eigenvalue weighted by molar-refractivity contribution is 5.94. The minimum Gasteiger partial charge on any atom is -0.497 e. The van der Waals surface area contributed by atoms with Crippen LogP contribution in [0.1, 0.15) is 30.6 Å². The second-order valence-electron chi connectivity index (χ2n) is 8.95. The van der Waals surface area contributed by atoms with Crippen LogP contribution in [0.5, 0.6) is 5.75 Å². The fraction of sp³-hybridized carbons (Fsp3) is 0.682. The van der Waals surface area contributed by atoms with Crippen molar-refractivity contribution in [2.75, 3.05) is 59.6 Å². The molecule has 1 atom stereocenters. The fourth-order valence-electron chi connectivity index (χ4n) is 4.93. The third-order valence-electron chi connectivity index (χ3n) is 6.44. The first kappa shape index (κ1) is 19.7. The van der Waals surface area contributed by atoms with E-state index in [4.69, 9.17) is 9.47 Å². The summed E-state index contributed by atoms with van der Waals surface area (Å²) in [4.78, 5) is 20.5. The Balaban J connectivity index is 1.48. The lowest BCUT2D eigenvalue weighted by atomic mass is 9.82. The van der Waals surface area contributed by atoms with Crippen molar-refractivity contribution in [1.29, 1.82) is 0 Å². The normalized spacial score (nSPS) is 24.9. The molecule has 6 nitrogen and oxygen atoms in total. The van der Waals surface area contributed by atoms with Crippen LogP contribution in [0.15, 0.2) is 24.3 Å². The summed E-state index contributed by atoms with van der Waals surface area (Å²) >= 11 is 0. The minimum atomic E-state index is 0.0891. The van der Waals surface area contributed by atoms with Gasteiger partial charge in [0.15, 0.2) is 0 Å². The van der Waals surface area contributed by atoms with Crippen molar-refractivity contribution in [3.05, 3.63) is 29.8 Å². The zero-order valence-electron chi connectivity index (χ0n) is 17.4. The minimum absolute atomic E-state index is 0.0891. The molecule has 28 heavy (non-hydrogen) atoms. The average Bonchev–Trinajstić information content (AvgIpc) is 2.69. The lowest BCUT2D eigenvalue weighted by Crippen LogP contribution is -2.80. The summed E-state index contributed by atoms with van der Waals surface area (Å²) in [6.07, 6.45) is 1.23. The smallest absolute Gasteiger partial charge is 0.253 e. The summed E-state index contributed by atoms with van der Waals surface area (Å²) < 4.78 is 11.0. The molecule has 0 radical (unpaired) electrons. The second-order valence-corrected chi connectivity index (χ2v) is 8.95. The Kier molecular flexibility index (Phi) is 5.63. The molecule has 0 aliphatic carbocycles. The van der Waals surface area contributed by atoms with Crippen LogP contribution in [-0.4, -0.2) is 91.8 Å². The molecule has 154 valence electrons. The first-order valence-electron chi connectivity index (χ1n) is 10.5. The maximum absolute atomic E-state index is 13.2. The fourth-order valence-corrected chi connectivity index (χ4v) is 4.93. The first-order chi connectivity index (χ1) is 13.5. The van der Waals surface area contributed by atoms with Gasteiger partial charge in [-0.1, -0.05) is 13.8 Å². The number of methoxy groups -OCH3 is 1. The lowest BCUT2D eigenvalue weighted by molar-refractivity contribution is -0.158. The van der Waals surface area contributed by atoms with E-state index >= 15 is 0 Å². The van der Waals surface area contributed by atoms with E-state index in [1.54, 1.807) is 7.11 Å². The number of carbonyl (C=O) groups excluding carboxylic acids is 1. The molecule has 0 N–H and O–H groups in total. The number of carbonyl (C=O) groups is 1. The van der Waals surface area contributed by atoms with Crippen molar-refractivity contribution in [2.45, 2.75) is 31.8 Å². The average molecular weight is 388 g/mol. The summed E-state index contributed by atoms with van der Waals surface area (Å²) in [6.45, 7) is 11.9. The molecule has 1 amide bonds. The van der Waals surface area contributed by atoms with E-state index in [9.17, 15) is 4.79 Å². The van der Waals surface area contributed by atoms with Crippen molar-refractivity contribution >= 4 is 5.91 Å². The summed E-state index contributed by atoms with van der Waals surface area (Å²) in [6, 6.07) is 7.76. The summed E-state index contributed by atoms with van der Waals surface area (Å²) in [5.41, 5.74) is 0.823. The predicted molar refractivity (Wildman–Crippen MR) is 109 cm³/mol. The van der Waals surface area contributed by atoms with Crippen LogP contribution in [0.3, 0.4) is 0 Å². The van der Waals surface area contributed by atoms with Gasteiger partial charge in [0.2, 0.25) is 0 Å². The Labute approximate surface area is 168 Å². The second kappa shape index (κ2) is 8.01. The van der Waals surface area contributed by atoms with Crippen molar-refractivity contribution in [3.8, 4) is 5.75 Å². The SMILES string of the molecule is COc1ccc(C(=O)N2CC3COCCN3C3(CN(CCC(C)C)C3)C2)cc1. The van der Waals surface area contributed by atoms with Gasteiger partial charge in [-0.25, -0.2) is 0 Å². The lowest BCUT2D eigenvalue weighted by Gasteiger charge is -2.63. The maximum atomic E-state index is 13.2. The van der Waals surface area contributed by atoms with E-state index in [0.29, 0.717) is 6.04 Å². The highest BCUT2D eigenvalue weighted by atomic mass is 16.5. The highest BCUT2D eigenvalue weighted by Crippen LogP contribution is 2.36. The van der Waals surface area contributed by atoms with E-state index in [1.165, 1.54) is 6.42 Å². The van der Waals surface area contributed by atoms with Crippen LogP contribution in [0.4, 0.5) is 0 Å². The number of rotatable bonds is 5. The molecule has 1 aromatic carbocycles. The van der Waals surface area contributed by atoms with Gasteiger partial charge in [0.1, 0.15) is 5.75 Å². The molecule has 3 aliphatic rings. The molecule has 3 aliphatic heterocycles. The number of ether oxygens (including phenoxy) is 2. The molecule has 3 fully saturated rings. The Hall–Kier alpha value is -1.63. The zero-order valence-corrected chi connectivity index (χ0v) is 17.4. The van der Waals surface area contributed by atoms with Gasteiger partial charge in [-0.05, 0) is 43.1 Å². The van der Waals surface area contributed by atoms with E-state index in [-0.39, 0.29) is 11.4 Å². The van der Waals surface area contributed by atoms with Gasteiger partial charge < -0.3 is 14.4 Å². The van der Waals surface area contributed by atoms with Gasteiger partial charge in [0, 0.05) is 38.3 Å². The Morgan fingerprint density at radius 1 is 1.25 bits per heavy atom. The predicted octanol–water partition coefficient (Wildman–Crippen LogP) is 1.95. The van der Waals surface area contributed by atoms with Gasteiger partial charge in [-0.15, -0.1) is 0 Å². The third-order valence-corrected chi connectivity index (χ3v) is 6.44. The molecular weight excluding hydrogens is 354 g/mol. The molecule has 3 heterocycles. The molecule has 1 spiro atoms. The number of hydrogen-bond donors (Lipinski definition) is 0. The van der Waals surface area contributed by atoms with Crippen LogP contribution in [0.2, 0.25) is 0 Å². The quantitative estimate of drug-likeness (QED) is 0.773. The molecule has 1 unspecified atom stereocenters. The van der Waals surface area contributed by atoms with E-state index in [1.807, 2.05) is 24.3 Å². The molecule has 0 aromatic heterocycles. The van der Waals surface area contributed by atoms with E-state index in [2.05, 4.69) is 28.5 Å². The van der Waals surface area contributed by atoms with Crippen LogP contribution < -0.4 is 4.74 Å². The van der Waals surface area contributed by atoms with Crippen LogP contribution >= 0.6 is 0 Å². The number of nitrogens with zero attached hydrogens (tertiary/aromatic N) is 3. The Morgan fingerprint density at radius 3 is 2.68 bits per heavy atom. The van der Waals surface area contributed by atoms with Crippen molar-refractivity contribution < 1.29 is 14.3 Å². The van der Waals surface area contributed by atoms with Gasteiger partial charge in [0.05, 0.1) is 31.9 Å².